The van der Waals surface area contributed by atoms with Crippen LogP contribution in [0.5, 0.6) is 0 Å². The van der Waals surface area contributed by atoms with Crippen LogP contribution in [0.25, 0.3) is 0 Å². The van der Waals surface area contributed by atoms with Crippen LogP contribution in [0.15, 0.2) is 18.2 Å². The van der Waals surface area contributed by atoms with Crippen molar-refractivity contribution in [3.05, 3.63) is 29.3 Å². The van der Waals surface area contributed by atoms with Crippen LogP contribution in [0.3, 0.4) is 0 Å². The molecule has 0 aliphatic heterocycles. The maximum absolute atomic E-state index is 12.4. The Kier molecular flexibility index (Phi) is 5.61. The second kappa shape index (κ2) is 7.89. The van der Waals surface area contributed by atoms with E-state index < -0.39 is 5.97 Å². The van der Waals surface area contributed by atoms with Gasteiger partial charge >= 0.3 is 12.0 Å². The summed E-state index contributed by atoms with van der Waals surface area (Å²) in [6, 6.07) is 5.86. The normalized spacial score (nSPS) is 18.9. The Morgan fingerprint density at radius 1 is 1.04 bits per heavy atom. The number of carbonyl (C=O) groups excluding carboxylic acids is 1. The van der Waals surface area contributed by atoms with Gasteiger partial charge in [0.05, 0.1) is 6.42 Å². The second-order valence-electron chi connectivity index (χ2n) is 7.59. The first-order valence-corrected chi connectivity index (χ1v) is 9.45. The molecule has 0 radical (unpaired) electrons. The Bertz CT molecular complexity index is 636. The number of carbonyl (C=O) groups is 2. The molecule has 136 valence electrons. The third kappa shape index (κ3) is 4.53. The lowest BCUT2D eigenvalue weighted by Crippen LogP contribution is -2.42. The Morgan fingerprint density at radius 2 is 1.80 bits per heavy atom. The minimum atomic E-state index is -0.777. The summed E-state index contributed by atoms with van der Waals surface area (Å²) < 4.78 is 0. The highest BCUT2D eigenvalue weighted by molar-refractivity contribution is 5.90. The van der Waals surface area contributed by atoms with Gasteiger partial charge in [-0.3, -0.25) is 4.79 Å². The van der Waals surface area contributed by atoms with E-state index in [1.165, 1.54) is 17.5 Å². The summed E-state index contributed by atoms with van der Waals surface area (Å²) in [6.07, 6.45) is 9.59. The van der Waals surface area contributed by atoms with Gasteiger partial charge < -0.3 is 15.7 Å². The van der Waals surface area contributed by atoms with Gasteiger partial charge in [-0.05, 0) is 61.1 Å². The van der Waals surface area contributed by atoms with Crippen molar-refractivity contribution in [1.82, 2.24) is 5.32 Å². The fourth-order valence-corrected chi connectivity index (χ4v) is 4.37. The molecular formula is C20H28N2O3. The summed E-state index contributed by atoms with van der Waals surface area (Å²) in [5.41, 5.74) is 3.18. The molecule has 2 aliphatic rings. The fourth-order valence-electron chi connectivity index (χ4n) is 4.37. The average molecular weight is 344 g/mol. The topological polar surface area (TPSA) is 78.4 Å². The van der Waals surface area contributed by atoms with Gasteiger partial charge in [0, 0.05) is 12.2 Å². The molecule has 3 N–H and O–H groups in total. The number of amides is 2. The van der Waals surface area contributed by atoms with Crippen LogP contribution >= 0.6 is 0 Å². The third-order valence-corrected chi connectivity index (χ3v) is 5.71. The molecule has 25 heavy (non-hydrogen) atoms. The standard InChI is InChI=1S/C20H28N2O3/c23-18(24)13-20(11-4-1-5-12-20)14-21-19(25)22-17-10-6-8-15-7-2-3-9-16(15)17/h6,8,10H,1-5,7,9,11-14H2,(H,23,24)(H2,21,22,25). The number of benzene rings is 1. The third-order valence-electron chi connectivity index (χ3n) is 5.71. The molecule has 0 saturated heterocycles. The van der Waals surface area contributed by atoms with Gasteiger partial charge in [0.15, 0.2) is 0 Å². The van der Waals surface area contributed by atoms with Crippen LogP contribution in [0.1, 0.15) is 62.5 Å². The van der Waals surface area contributed by atoms with Gasteiger partial charge in [0.1, 0.15) is 0 Å². The number of rotatable bonds is 5. The van der Waals surface area contributed by atoms with Crippen LogP contribution in [0, 0.1) is 5.41 Å². The monoisotopic (exact) mass is 344 g/mol. The van der Waals surface area contributed by atoms with Crippen molar-refractivity contribution in [1.29, 1.82) is 0 Å². The van der Waals surface area contributed by atoms with Crippen molar-refractivity contribution < 1.29 is 14.7 Å². The molecule has 2 aliphatic carbocycles. The van der Waals surface area contributed by atoms with Gasteiger partial charge in [-0.25, -0.2) is 4.79 Å². The average Bonchev–Trinajstić information content (AvgIpc) is 2.61. The number of urea groups is 1. The highest BCUT2D eigenvalue weighted by atomic mass is 16.4. The number of carboxylic acid groups (broad SMARTS) is 1. The molecule has 0 atom stereocenters. The van der Waals surface area contributed by atoms with E-state index in [1.807, 2.05) is 12.1 Å². The number of aryl methyl sites for hydroxylation is 1. The molecule has 0 aromatic heterocycles. The first-order chi connectivity index (χ1) is 12.1. The highest BCUT2D eigenvalue weighted by Gasteiger charge is 2.34. The minimum Gasteiger partial charge on any atom is -0.481 e. The molecule has 0 heterocycles. The van der Waals surface area contributed by atoms with E-state index in [-0.39, 0.29) is 17.9 Å². The Labute approximate surface area is 149 Å². The zero-order valence-electron chi connectivity index (χ0n) is 14.8. The first-order valence-electron chi connectivity index (χ1n) is 9.45. The molecule has 1 saturated carbocycles. The molecule has 5 nitrogen and oxygen atoms in total. The molecule has 1 aromatic carbocycles. The predicted molar refractivity (Wildman–Crippen MR) is 97.9 cm³/mol. The van der Waals surface area contributed by atoms with Gasteiger partial charge in [-0.15, -0.1) is 0 Å². The molecule has 2 amide bonds. The summed E-state index contributed by atoms with van der Waals surface area (Å²) in [6.45, 7) is 0.431. The predicted octanol–water partition coefficient (Wildman–Crippen LogP) is 4.11. The number of nitrogens with one attached hydrogen (secondary N) is 2. The van der Waals surface area contributed by atoms with E-state index in [4.69, 9.17) is 0 Å². The van der Waals surface area contributed by atoms with Crippen molar-refractivity contribution in [2.24, 2.45) is 5.41 Å². The summed E-state index contributed by atoms with van der Waals surface area (Å²) in [7, 11) is 0. The largest absolute Gasteiger partial charge is 0.481 e. The molecule has 0 bridgehead atoms. The minimum absolute atomic E-state index is 0.133. The van der Waals surface area contributed by atoms with Crippen LogP contribution in [-0.4, -0.2) is 23.7 Å². The lowest BCUT2D eigenvalue weighted by Gasteiger charge is -2.36. The number of hydrogen-bond acceptors (Lipinski definition) is 2. The second-order valence-corrected chi connectivity index (χ2v) is 7.59. The molecule has 1 fully saturated rings. The van der Waals surface area contributed by atoms with Crippen LogP contribution < -0.4 is 10.6 Å². The van der Waals surface area contributed by atoms with Gasteiger partial charge in [0.2, 0.25) is 0 Å². The number of fused-ring (bicyclic) bond motifs is 1. The first kappa shape index (κ1) is 17.8. The van der Waals surface area contributed by atoms with E-state index in [2.05, 4.69) is 16.7 Å². The van der Waals surface area contributed by atoms with Gasteiger partial charge in [-0.2, -0.15) is 0 Å². The van der Waals surface area contributed by atoms with E-state index in [1.54, 1.807) is 0 Å². The maximum Gasteiger partial charge on any atom is 0.319 e. The fraction of sp³-hybridized carbons (Fsp3) is 0.600. The smallest absolute Gasteiger partial charge is 0.319 e. The van der Waals surface area contributed by atoms with Crippen LogP contribution in [0.4, 0.5) is 10.5 Å². The highest BCUT2D eigenvalue weighted by Crippen LogP contribution is 2.38. The Hall–Kier alpha value is -2.04. The summed E-state index contributed by atoms with van der Waals surface area (Å²) in [5, 5.41) is 15.2. The number of carboxylic acids is 1. The van der Waals surface area contributed by atoms with Gasteiger partial charge in [-0.1, -0.05) is 31.4 Å². The molecule has 5 heteroatoms. The molecule has 3 rings (SSSR count). The van der Waals surface area contributed by atoms with E-state index in [9.17, 15) is 14.7 Å². The molecule has 0 spiro atoms. The zero-order chi connectivity index (χ0) is 17.7. The quantitative estimate of drug-likeness (QED) is 0.752. The SMILES string of the molecule is O=C(O)CC1(CNC(=O)Nc2cccc3c2CCCC3)CCCCC1. The molecular weight excluding hydrogens is 316 g/mol. The van der Waals surface area contributed by atoms with E-state index in [0.717, 1.165) is 57.1 Å². The molecule has 0 unspecified atom stereocenters. The Morgan fingerprint density at radius 3 is 2.56 bits per heavy atom. The van der Waals surface area contributed by atoms with Crippen molar-refractivity contribution in [3.8, 4) is 0 Å². The van der Waals surface area contributed by atoms with Crippen molar-refractivity contribution in [2.75, 3.05) is 11.9 Å². The lowest BCUT2D eigenvalue weighted by atomic mass is 9.72. The Balaban J connectivity index is 1.61. The van der Waals surface area contributed by atoms with E-state index in [0.29, 0.717) is 6.54 Å². The zero-order valence-corrected chi connectivity index (χ0v) is 14.8. The van der Waals surface area contributed by atoms with Crippen molar-refractivity contribution >= 4 is 17.7 Å². The van der Waals surface area contributed by atoms with E-state index >= 15 is 0 Å². The van der Waals surface area contributed by atoms with Crippen molar-refractivity contribution in [2.45, 2.75) is 64.2 Å². The number of hydrogen-bond donors (Lipinski definition) is 3. The number of anilines is 1. The summed E-state index contributed by atoms with van der Waals surface area (Å²) in [4.78, 5) is 23.6. The van der Waals surface area contributed by atoms with Gasteiger partial charge in [0.25, 0.3) is 0 Å². The molecule has 1 aromatic rings. The van der Waals surface area contributed by atoms with Crippen LogP contribution in [0.2, 0.25) is 0 Å². The maximum atomic E-state index is 12.4. The van der Waals surface area contributed by atoms with Crippen molar-refractivity contribution in [3.63, 3.8) is 0 Å². The van der Waals surface area contributed by atoms with Crippen LogP contribution in [-0.2, 0) is 17.6 Å². The number of aliphatic carboxylic acids is 1. The summed E-state index contributed by atoms with van der Waals surface area (Å²) in [5.74, 6) is -0.777. The lowest BCUT2D eigenvalue weighted by molar-refractivity contribution is -0.140. The summed E-state index contributed by atoms with van der Waals surface area (Å²) >= 11 is 0.